The quantitative estimate of drug-likeness (QED) is 0.701. The van der Waals surface area contributed by atoms with Gasteiger partial charge in [-0.15, -0.1) is 0 Å². The summed E-state index contributed by atoms with van der Waals surface area (Å²) in [6.45, 7) is 4.31. The minimum absolute atomic E-state index is 0.421. The molecule has 2 fully saturated rings. The normalized spacial score (nSPS) is 18.1. The molecule has 0 bridgehead atoms. The van der Waals surface area contributed by atoms with E-state index >= 15 is 0 Å². The largest absolute Gasteiger partial charge is 0.487 e. The minimum Gasteiger partial charge on any atom is -0.487 e. The minimum atomic E-state index is 0.421. The molecular weight excluding hydrogens is 250 g/mol. The lowest BCUT2D eigenvalue weighted by Gasteiger charge is -2.14. The van der Waals surface area contributed by atoms with Crippen LogP contribution >= 0.6 is 0 Å². The Morgan fingerprint density at radius 1 is 1.00 bits per heavy atom. The van der Waals surface area contributed by atoms with Crippen molar-refractivity contribution in [3.8, 4) is 11.5 Å². The third kappa shape index (κ3) is 4.14. The molecule has 110 valence electrons. The Morgan fingerprint density at radius 2 is 1.70 bits per heavy atom. The first-order valence-corrected chi connectivity index (χ1v) is 8.02. The van der Waals surface area contributed by atoms with Crippen molar-refractivity contribution in [2.45, 2.75) is 57.7 Å². The van der Waals surface area contributed by atoms with Gasteiger partial charge >= 0.3 is 0 Å². The maximum Gasteiger partial charge on any atom is 0.161 e. The molecule has 0 atom stereocenters. The molecule has 0 heterocycles. The molecule has 3 heteroatoms. The topological polar surface area (TPSA) is 30.5 Å². The predicted molar refractivity (Wildman–Crippen MR) is 80.6 cm³/mol. The van der Waals surface area contributed by atoms with E-state index in [9.17, 15) is 0 Å². The lowest BCUT2D eigenvalue weighted by atomic mass is 10.1. The number of rotatable bonds is 9. The van der Waals surface area contributed by atoms with E-state index in [1.807, 2.05) is 0 Å². The zero-order chi connectivity index (χ0) is 13.8. The standard InChI is InChI=1S/C17H25NO2/c1-2-10-18-11-9-13-3-8-16(19-14-4-5-14)17(12-13)20-15-6-7-15/h3,8,12,14-15,18H,2,4-7,9-11H2,1H3. The molecule has 20 heavy (non-hydrogen) atoms. The van der Waals surface area contributed by atoms with Crippen LogP contribution in [-0.2, 0) is 6.42 Å². The first-order valence-electron chi connectivity index (χ1n) is 8.02. The number of ether oxygens (including phenoxy) is 2. The van der Waals surface area contributed by atoms with E-state index in [4.69, 9.17) is 9.47 Å². The van der Waals surface area contributed by atoms with Gasteiger partial charge in [0.05, 0.1) is 12.2 Å². The van der Waals surface area contributed by atoms with Crippen LogP contribution in [0.1, 0.15) is 44.6 Å². The fourth-order valence-electron chi connectivity index (χ4n) is 2.16. The smallest absolute Gasteiger partial charge is 0.161 e. The molecule has 2 aliphatic carbocycles. The second kappa shape index (κ2) is 6.49. The number of hydrogen-bond acceptors (Lipinski definition) is 3. The molecule has 1 aromatic carbocycles. The summed E-state index contributed by atoms with van der Waals surface area (Å²) in [6, 6.07) is 6.43. The van der Waals surface area contributed by atoms with E-state index < -0.39 is 0 Å². The van der Waals surface area contributed by atoms with Crippen molar-refractivity contribution in [3.63, 3.8) is 0 Å². The fraction of sp³-hybridized carbons (Fsp3) is 0.647. The van der Waals surface area contributed by atoms with Gasteiger partial charge in [0.2, 0.25) is 0 Å². The highest BCUT2D eigenvalue weighted by molar-refractivity contribution is 5.43. The summed E-state index contributed by atoms with van der Waals surface area (Å²) >= 11 is 0. The van der Waals surface area contributed by atoms with Crippen LogP contribution in [0.25, 0.3) is 0 Å². The van der Waals surface area contributed by atoms with Gasteiger partial charge in [-0.2, -0.15) is 0 Å². The zero-order valence-electron chi connectivity index (χ0n) is 12.4. The SMILES string of the molecule is CCCNCCc1ccc(OC2CC2)c(OC2CC2)c1. The Morgan fingerprint density at radius 3 is 2.35 bits per heavy atom. The van der Waals surface area contributed by atoms with Gasteiger partial charge in [0.15, 0.2) is 11.5 Å². The van der Waals surface area contributed by atoms with Crippen molar-refractivity contribution in [1.82, 2.24) is 5.32 Å². The highest BCUT2D eigenvalue weighted by Crippen LogP contribution is 2.37. The van der Waals surface area contributed by atoms with Crippen LogP contribution in [0.15, 0.2) is 18.2 Å². The number of benzene rings is 1. The first-order chi connectivity index (χ1) is 9.85. The molecule has 1 N–H and O–H groups in total. The Bertz CT molecular complexity index is 439. The molecular formula is C17H25NO2. The molecule has 0 saturated heterocycles. The maximum absolute atomic E-state index is 6.01. The molecule has 3 rings (SSSR count). The molecule has 0 aromatic heterocycles. The van der Waals surface area contributed by atoms with Crippen molar-refractivity contribution < 1.29 is 9.47 Å². The van der Waals surface area contributed by atoms with Crippen molar-refractivity contribution in [2.75, 3.05) is 13.1 Å². The molecule has 0 aliphatic heterocycles. The Balaban J connectivity index is 1.61. The predicted octanol–water partition coefficient (Wildman–Crippen LogP) is 3.31. The average Bonchev–Trinajstić information content (AvgIpc) is 3.33. The summed E-state index contributed by atoms with van der Waals surface area (Å²) in [7, 11) is 0. The van der Waals surface area contributed by atoms with Crippen molar-refractivity contribution in [2.24, 2.45) is 0 Å². The zero-order valence-corrected chi connectivity index (χ0v) is 12.4. The van der Waals surface area contributed by atoms with Crippen molar-refractivity contribution in [1.29, 1.82) is 0 Å². The third-order valence-electron chi connectivity index (χ3n) is 3.66. The van der Waals surface area contributed by atoms with Gasteiger partial charge in [-0.05, 0) is 69.3 Å². The molecule has 0 unspecified atom stereocenters. The van der Waals surface area contributed by atoms with E-state index in [2.05, 4.69) is 30.4 Å². The average molecular weight is 275 g/mol. The van der Waals surface area contributed by atoms with Crippen LogP contribution in [0.4, 0.5) is 0 Å². The lowest BCUT2D eigenvalue weighted by molar-refractivity contribution is 0.253. The summed E-state index contributed by atoms with van der Waals surface area (Å²) in [5, 5.41) is 3.44. The third-order valence-corrected chi connectivity index (χ3v) is 3.66. The molecule has 0 amide bonds. The van der Waals surface area contributed by atoms with Crippen molar-refractivity contribution >= 4 is 0 Å². The monoisotopic (exact) mass is 275 g/mol. The van der Waals surface area contributed by atoms with Crippen LogP contribution in [0.3, 0.4) is 0 Å². The van der Waals surface area contributed by atoms with Crippen LogP contribution in [0.5, 0.6) is 11.5 Å². The Hall–Kier alpha value is -1.22. The van der Waals surface area contributed by atoms with Crippen molar-refractivity contribution in [3.05, 3.63) is 23.8 Å². The second-order valence-electron chi connectivity index (χ2n) is 5.92. The van der Waals surface area contributed by atoms with Crippen LogP contribution in [0.2, 0.25) is 0 Å². The molecule has 0 spiro atoms. The van der Waals surface area contributed by atoms with E-state index in [0.717, 1.165) is 31.0 Å². The van der Waals surface area contributed by atoms with E-state index in [-0.39, 0.29) is 0 Å². The van der Waals surface area contributed by atoms with Crippen LogP contribution in [-0.4, -0.2) is 25.3 Å². The summed E-state index contributed by atoms with van der Waals surface area (Å²) in [6.07, 6.45) is 7.82. The van der Waals surface area contributed by atoms with Gasteiger partial charge in [0, 0.05) is 0 Å². The summed E-state index contributed by atoms with van der Waals surface area (Å²) in [5.74, 6) is 1.89. The van der Waals surface area contributed by atoms with Gasteiger partial charge in [0.25, 0.3) is 0 Å². The highest BCUT2D eigenvalue weighted by Gasteiger charge is 2.28. The Labute approximate surface area is 121 Å². The number of hydrogen-bond donors (Lipinski definition) is 1. The number of nitrogens with one attached hydrogen (secondary N) is 1. The molecule has 2 saturated carbocycles. The maximum atomic E-state index is 6.01. The molecule has 0 radical (unpaired) electrons. The molecule has 1 aromatic rings. The fourth-order valence-corrected chi connectivity index (χ4v) is 2.16. The van der Waals surface area contributed by atoms with E-state index in [1.54, 1.807) is 0 Å². The summed E-state index contributed by atoms with van der Waals surface area (Å²) < 4.78 is 12.0. The highest BCUT2D eigenvalue weighted by atomic mass is 16.5. The molecule has 2 aliphatic rings. The first kappa shape index (κ1) is 13.7. The van der Waals surface area contributed by atoms with E-state index in [0.29, 0.717) is 12.2 Å². The Kier molecular flexibility index (Phi) is 4.46. The van der Waals surface area contributed by atoms with Gasteiger partial charge in [-0.25, -0.2) is 0 Å². The lowest BCUT2D eigenvalue weighted by Crippen LogP contribution is -2.17. The van der Waals surface area contributed by atoms with Gasteiger partial charge in [-0.3, -0.25) is 0 Å². The second-order valence-corrected chi connectivity index (χ2v) is 5.92. The summed E-state index contributed by atoms with van der Waals surface area (Å²) in [5.41, 5.74) is 1.33. The van der Waals surface area contributed by atoms with Gasteiger partial charge < -0.3 is 14.8 Å². The van der Waals surface area contributed by atoms with E-state index in [1.165, 1.54) is 37.7 Å². The summed E-state index contributed by atoms with van der Waals surface area (Å²) in [4.78, 5) is 0. The van der Waals surface area contributed by atoms with Gasteiger partial charge in [-0.1, -0.05) is 13.0 Å². The molecule has 3 nitrogen and oxygen atoms in total. The van der Waals surface area contributed by atoms with Crippen LogP contribution < -0.4 is 14.8 Å². The van der Waals surface area contributed by atoms with Crippen LogP contribution in [0, 0.1) is 0 Å². The van der Waals surface area contributed by atoms with Gasteiger partial charge in [0.1, 0.15) is 0 Å².